The summed E-state index contributed by atoms with van der Waals surface area (Å²) in [7, 11) is 0. The molecule has 21 heavy (non-hydrogen) atoms. The van der Waals surface area contributed by atoms with Gasteiger partial charge in [0.1, 0.15) is 12.2 Å². The minimum absolute atomic E-state index is 0.392. The van der Waals surface area contributed by atoms with Crippen LogP contribution in [-0.2, 0) is 19.1 Å². The monoisotopic (exact) mass is 296 g/mol. The third-order valence-electron chi connectivity index (χ3n) is 3.18. The number of allylic oxidation sites excluding steroid dienone is 1. The summed E-state index contributed by atoms with van der Waals surface area (Å²) < 4.78 is 10.7. The van der Waals surface area contributed by atoms with E-state index in [0.717, 1.165) is 19.3 Å². The largest absolute Gasteiger partial charge is 0.455 e. The molecule has 1 aliphatic carbocycles. The zero-order chi connectivity index (χ0) is 15.7. The number of ether oxygens (including phenoxy) is 2. The molecule has 0 saturated heterocycles. The molecule has 0 bridgehead atoms. The minimum atomic E-state index is -0.697. The van der Waals surface area contributed by atoms with Crippen molar-refractivity contribution >= 4 is 11.9 Å². The number of esters is 2. The Hall–Kier alpha value is -1.62. The molecule has 0 aliphatic heterocycles. The smallest absolute Gasteiger partial charge is 0.330 e. The van der Waals surface area contributed by atoms with Gasteiger partial charge in [-0.05, 0) is 45.1 Å². The van der Waals surface area contributed by atoms with Crippen molar-refractivity contribution in [3.63, 3.8) is 0 Å². The van der Waals surface area contributed by atoms with E-state index in [1.54, 1.807) is 13.0 Å². The highest BCUT2D eigenvalue weighted by Gasteiger charge is 2.30. The first kappa shape index (κ1) is 17.4. The standard InChI is InChI=1S/C16H24O5/c1-3-4-9-15(18)20-13-7-5-6-8-14(13)21-16(19)11-10-12(2)17/h4,9-14,17H,3,5-8H2,1-2H3/b9-4+,11-10+. The summed E-state index contributed by atoms with van der Waals surface area (Å²) in [6.45, 7) is 3.48. The molecule has 0 aromatic heterocycles. The normalized spacial score (nSPS) is 24.1. The van der Waals surface area contributed by atoms with Crippen molar-refractivity contribution in [1.82, 2.24) is 0 Å². The molecular weight excluding hydrogens is 272 g/mol. The molecule has 5 heteroatoms. The van der Waals surface area contributed by atoms with Crippen molar-refractivity contribution in [3.05, 3.63) is 24.3 Å². The highest BCUT2D eigenvalue weighted by atomic mass is 16.6. The maximum absolute atomic E-state index is 11.6. The van der Waals surface area contributed by atoms with Gasteiger partial charge in [-0.2, -0.15) is 0 Å². The van der Waals surface area contributed by atoms with Crippen LogP contribution in [0.3, 0.4) is 0 Å². The molecule has 3 atom stereocenters. The molecule has 1 rings (SSSR count). The van der Waals surface area contributed by atoms with Crippen molar-refractivity contribution in [3.8, 4) is 0 Å². The van der Waals surface area contributed by atoms with Gasteiger partial charge in [-0.1, -0.05) is 13.0 Å². The first-order valence-electron chi connectivity index (χ1n) is 7.47. The number of carbonyl (C=O) groups is 2. The first-order valence-corrected chi connectivity index (χ1v) is 7.47. The summed E-state index contributed by atoms with van der Waals surface area (Å²) in [6, 6.07) is 0. The maximum Gasteiger partial charge on any atom is 0.330 e. The SMILES string of the molecule is CC/C=C/C(=O)OC1CCCCC1OC(=O)/C=C/C(C)O. The van der Waals surface area contributed by atoms with E-state index in [-0.39, 0.29) is 0 Å². The summed E-state index contributed by atoms with van der Waals surface area (Å²) in [5.41, 5.74) is 0. The Labute approximate surface area is 125 Å². The van der Waals surface area contributed by atoms with Crippen molar-refractivity contribution in [1.29, 1.82) is 0 Å². The summed E-state index contributed by atoms with van der Waals surface area (Å²) in [5.74, 6) is -0.919. The number of carbonyl (C=O) groups excluding carboxylic acids is 2. The van der Waals surface area contributed by atoms with Gasteiger partial charge in [0.05, 0.1) is 6.10 Å². The van der Waals surface area contributed by atoms with Gasteiger partial charge in [0.15, 0.2) is 0 Å². The van der Waals surface area contributed by atoms with Crippen molar-refractivity contribution in [2.24, 2.45) is 0 Å². The second kappa shape index (κ2) is 9.34. The van der Waals surface area contributed by atoms with E-state index in [4.69, 9.17) is 14.6 Å². The fraction of sp³-hybridized carbons (Fsp3) is 0.625. The Balaban J connectivity index is 2.54. The maximum atomic E-state index is 11.6. The lowest BCUT2D eigenvalue weighted by Gasteiger charge is -2.30. The second-order valence-electron chi connectivity index (χ2n) is 5.15. The topological polar surface area (TPSA) is 72.8 Å². The molecule has 118 valence electrons. The van der Waals surface area contributed by atoms with E-state index in [1.165, 1.54) is 18.2 Å². The molecule has 1 aliphatic rings. The lowest BCUT2D eigenvalue weighted by Crippen LogP contribution is -2.37. The van der Waals surface area contributed by atoms with E-state index in [0.29, 0.717) is 12.8 Å². The average Bonchev–Trinajstić information content (AvgIpc) is 2.45. The average molecular weight is 296 g/mol. The zero-order valence-electron chi connectivity index (χ0n) is 12.7. The summed E-state index contributed by atoms with van der Waals surface area (Å²) in [5, 5.41) is 9.09. The number of rotatable bonds is 6. The second-order valence-corrected chi connectivity index (χ2v) is 5.15. The van der Waals surface area contributed by atoms with Crippen LogP contribution in [0, 0.1) is 0 Å². The highest BCUT2D eigenvalue weighted by molar-refractivity contribution is 5.83. The zero-order valence-corrected chi connectivity index (χ0v) is 12.7. The number of aliphatic hydroxyl groups is 1. The van der Waals surface area contributed by atoms with Gasteiger partial charge in [-0.3, -0.25) is 0 Å². The van der Waals surface area contributed by atoms with Crippen LogP contribution in [0.5, 0.6) is 0 Å². The minimum Gasteiger partial charge on any atom is -0.455 e. The molecule has 3 unspecified atom stereocenters. The molecule has 1 N–H and O–H groups in total. The van der Waals surface area contributed by atoms with Gasteiger partial charge in [-0.25, -0.2) is 9.59 Å². The molecule has 1 saturated carbocycles. The molecule has 0 amide bonds. The van der Waals surface area contributed by atoms with E-state index >= 15 is 0 Å². The van der Waals surface area contributed by atoms with Crippen LogP contribution in [0.1, 0.15) is 46.0 Å². The van der Waals surface area contributed by atoms with Crippen LogP contribution in [0.15, 0.2) is 24.3 Å². The van der Waals surface area contributed by atoms with Gasteiger partial charge in [0, 0.05) is 12.2 Å². The molecule has 5 nitrogen and oxygen atoms in total. The summed E-state index contributed by atoms with van der Waals surface area (Å²) in [6.07, 6.45) is 8.24. The number of hydrogen-bond acceptors (Lipinski definition) is 5. The molecule has 1 fully saturated rings. The van der Waals surface area contributed by atoms with Crippen molar-refractivity contribution in [2.45, 2.75) is 64.3 Å². The van der Waals surface area contributed by atoms with Gasteiger partial charge < -0.3 is 14.6 Å². The fourth-order valence-corrected chi connectivity index (χ4v) is 2.14. The quantitative estimate of drug-likeness (QED) is 0.601. The predicted molar refractivity (Wildman–Crippen MR) is 78.5 cm³/mol. The summed E-state index contributed by atoms with van der Waals surface area (Å²) >= 11 is 0. The Bertz CT molecular complexity index is 397. The first-order chi connectivity index (χ1) is 10.0. The predicted octanol–water partition coefficient (Wildman–Crippen LogP) is 2.29. The van der Waals surface area contributed by atoms with Gasteiger partial charge in [0.25, 0.3) is 0 Å². The third kappa shape index (κ3) is 7.09. The van der Waals surface area contributed by atoms with E-state index in [2.05, 4.69) is 0 Å². The fourth-order valence-electron chi connectivity index (χ4n) is 2.14. The molecule has 0 aromatic rings. The Morgan fingerprint density at radius 2 is 1.67 bits per heavy atom. The van der Waals surface area contributed by atoms with Crippen molar-refractivity contribution in [2.75, 3.05) is 0 Å². The lowest BCUT2D eigenvalue weighted by atomic mass is 9.94. The van der Waals surface area contributed by atoms with Crippen LogP contribution in [0.25, 0.3) is 0 Å². The molecule has 0 heterocycles. The van der Waals surface area contributed by atoms with E-state index < -0.39 is 30.3 Å². The van der Waals surface area contributed by atoms with Crippen LogP contribution >= 0.6 is 0 Å². The lowest BCUT2D eigenvalue weighted by molar-refractivity contribution is -0.165. The summed E-state index contributed by atoms with van der Waals surface area (Å²) in [4.78, 5) is 23.3. The van der Waals surface area contributed by atoms with Crippen LogP contribution < -0.4 is 0 Å². The van der Waals surface area contributed by atoms with E-state index in [1.807, 2.05) is 6.92 Å². The van der Waals surface area contributed by atoms with Crippen LogP contribution in [-0.4, -0.2) is 35.4 Å². The molecule has 0 aromatic carbocycles. The highest BCUT2D eigenvalue weighted by Crippen LogP contribution is 2.24. The van der Waals surface area contributed by atoms with Crippen LogP contribution in [0.4, 0.5) is 0 Å². The third-order valence-corrected chi connectivity index (χ3v) is 3.18. The Kier molecular flexibility index (Phi) is 7.75. The number of aliphatic hydroxyl groups excluding tert-OH is 1. The van der Waals surface area contributed by atoms with Gasteiger partial charge in [-0.15, -0.1) is 0 Å². The van der Waals surface area contributed by atoms with Gasteiger partial charge in [0.2, 0.25) is 0 Å². The molecular formula is C16H24O5. The molecule has 0 spiro atoms. The molecule has 0 radical (unpaired) electrons. The van der Waals surface area contributed by atoms with Crippen LogP contribution in [0.2, 0.25) is 0 Å². The number of hydrogen-bond donors (Lipinski definition) is 1. The Morgan fingerprint density at radius 1 is 1.14 bits per heavy atom. The van der Waals surface area contributed by atoms with Gasteiger partial charge >= 0.3 is 11.9 Å². The van der Waals surface area contributed by atoms with Crippen molar-refractivity contribution < 1.29 is 24.2 Å². The van der Waals surface area contributed by atoms with E-state index in [9.17, 15) is 9.59 Å². The Morgan fingerprint density at radius 3 is 2.14 bits per heavy atom.